The van der Waals surface area contributed by atoms with E-state index in [1.54, 1.807) is 31.2 Å². The van der Waals surface area contributed by atoms with Crippen LogP contribution >= 0.6 is 15.9 Å². The van der Waals surface area contributed by atoms with Crippen LogP contribution in [0.25, 0.3) is 0 Å². The number of phenols is 1. The van der Waals surface area contributed by atoms with Gasteiger partial charge in [0.1, 0.15) is 5.75 Å². The number of hydrazone groups is 1. The molecule has 0 amide bonds. The zero-order chi connectivity index (χ0) is 16.3. The minimum Gasteiger partial charge on any atom is -0.507 e. The number of benzene rings is 2. The summed E-state index contributed by atoms with van der Waals surface area (Å²) in [5.41, 5.74) is 2.16. The van der Waals surface area contributed by atoms with Crippen LogP contribution in [0.3, 0.4) is 0 Å². The summed E-state index contributed by atoms with van der Waals surface area (Å²) in [5, 5.41) is 13.2. The van der Waals surface area contributed by atoms with Crippen LogP contribution in [-0.4, -0.2) is 19.7 Å². The van der Waals surface area contributed by atoms with E-state index in [2.05, 4.69) is 25.9 Å². The summed E-state index contributed by atoms with van der Waals surface area (Å²) < 4.78 is 25.0. The van der Waals surface area contributed by atoms with Crippen LogP contribution in [0.1, 0.15) is 16.7 Å². The summed E-state index contributed by atoms with van der Waals surface area (Å²) in [4.78, 5) is 2.39. The molecule has 5 nitrogen and oxygen atoms in total. The van der Waals surface area contributed by atoms with Crippen LogP contribution in [0.4, 0.5) is 0 Å². The number of phenolic OH excluding ortho intramolecular Hbond substituents is 1. The molecular weight excluding hydrogens is 368 g/mol. The lowest BCUT2D eigenvalue weighted by atomic mass is 10.2. The van der Waals surface area contributed by atoms with Crippen LogP contribution in [0.2, 0.25) is 0 Å². The zero-order valence-electron chi connectivity index (χ0n) is 12.0. The van der Waals surface area contributed by atoms with Gasteiger partial charge < -0.3 is 5.11 Å². The maximum atomic E-state index is 12.2. The molecule has 0 aliphatic heterocycles. The minimum absolute atomic E-state index is 0.105. The first kappa shape index (κ1) is 16.5. The van der Waals surface area contributed by atoms with Crippen LogP contribution < -0.4 is 4.83 Å². The molecule has 22 heavy (non-hydrogen) atoms. The number of nitrogens with one attached hydrogen (secondary N) is 1. The summed E-state index contributed by atoms with van der Waals surface area (Å²) in [6, 6.07) is 9.95. The zero-order valence-corrected chi connectivity index (χ0v) is 14.4. The Hall–Kier alpha value is -1.86. The van der Waals surface area contributed by atoms with Gasteiger partial charge >= 0.3 is 0 Å². The van der Waals surface area contributed by atoms with Gasteiger partial charge in [-0.05, 0) is 70.7 Å². The topological polar surface area (TPSA) is 78.8 Å². The highest BCUT2D eigenvalue weighted by Crippen LogP contribution is 2.23. The second-order valence-corrected chi connectivity index (χ2v) is 7.32. The average molecular weight is 383 g/mol. The van der Waals surface area contributed by atoms with Crippen molar-refractivity contribution in [3.63, 3.8) is 0 Å². The molecule has 0 aliphatic rings. The lowest BCUT2D eigenvalue weighted by Gasteiger charge is -2.07. The fraction of sp³-hybridized carbons (Fsp3) is 0.133. The van der Waals surface area contributed by atoms with Gasteiger partial charge in [-0.25, -0.2) is 4.83 Å². The van der Waals surface area contributed by atoms with Crippen LogP contribution in [0, 0.1) is 13.8 Å². The molecule has 0 unspecified atom stereocenters. The molecule has 116 valence electrons. The SMILES string of the molecule is Cc1ccc(C)c(S(=O)(=O)NN=Cc2ccc(O)c(Br)c2)c1. The van der Waals surface area contributed by atoms with Gasteiger partial charge in [0.15, 0.2) is 0 Å². The largest absolute Gasteiger partial charge is 0.507 e. The molecule has 0 saturated heterocycles. The van der Waals surface area contributed by atoms with Gasteiger partial charge in [-0.3, -0.25) is 0 Å². The smallest absolute Gasteiger partial charge is 0.276 e. The molecule has 0 aliphatic carbocycles. The van der Waals surface area contributed by atoms with Crippen molar-refractivity contribution < 1.29 is 13.5 Å². The Morgan fingerprint density at radius 2 is 1.91 bits per heavy atom. The van der Waals surface area contributed by atoms with E-state index in [4.69, 9.17) is 0 Å². The van der Waals surface area contributed by atoms with E-state index in [-0.39, 0.29) is 10.6 Å². The maximum absolute atomic E-state index is 12.2. The Labute approximate surface area is 137 Å². The van der Waals surface area contributed by atoms with Gasteiger partial charge in [0.2, 0.25) is 0 Å². The van der Waals surface area contributed by atoms with Crippen molar-refractivity contribution in [2.75, 3.05) is 0 Å². The van der Waals surface area contributed by atoms with E-state index in [0.29, 0.717) is 15.6 Å². The van der Waals surface area contributed by atoms with Crippen molar-refractivity contribution in [1.82, 2.24) is 4.83 Å². The fourth-order valence-electron chi connectivity index (χ4n) is 1.82. The number of sulfonamides is 1. The van der Waals surface area contributed by atoms with E-state index in [0.717, 1.165) is 5.56 Å². The van der Waals surface area contributed by atoms with Crippen molar-refractivity contribution in [2.24, 2.45) is 5.10 Å². The summed E-state index contributed by atoms with van der Waals surface area (Å²) in [7, 11) is -3.71. The Morgan fingerprint density at radius 1 is 1.18 bits per heavy atom. The first-order valence-electron chi connectivity index (χ1n) is 6.40. The van der Waals surface area contributed by atoms with Crippen LogP contribution in [-0.2, 0) is 10.0 Å². The molecule has 0 bridgehead atoms. The van der Waals surface area contributed by atoms with Gasteiger partial charge in [0.25, 0.3) is 10.0 Å². The van der Waals surface area contributed by atoms with Crippen molar-refractivity contribution >= 4 is 32.2 Å². The minimum atomic E-state index is -3.71. The molecule has 0 radical (unpaired) electrons. The Bertz CT molecular complexity index is 833. The predicted molar refractivity (Wildman–Crippen MR) is 89.6 cm³/mol. The van der Waals surface area contributed by atoms with Crippen molar-refractivity contribution in [1.29, 1.82) is 0 Å². The molecule has 0 spiro atoms. The molecule has 0 aromatic heterocycles. The van der Waals surface area contributed by atoms with Gasteiger partial charge in [-0.15, -0.1) is 0 Å². The lowest BCUT2D eigenvalue weighted by Crippen LogP contribution is -2.19. The second-order valence-electron chi connectivity index (χ2n) is 4.83. The van der Waals surface area contributed by atoms with E-state index < -0.39 is 10.0 Å². The number of nitrogens with zero attached hydrogens (tertiary/aromatic N) is 1. The monoisotopic (exact) mass is 382 g/mol. The van der Waals surface area contributed by atoms with Gasteiger partial charge in [-0.1, -0.05) is 12.1 Å². The molecule has 0 atom stereocenters. The highest BCUT2D eigenvalue weighted by Gasteiger charge is 2.15. The van der Waals surface area contributed by atoms with Crippen LogP contribution in [0.5, 0.6) is 5.75 Å². The van der Waals surface area contributed by atoms with Crippen molar-refractivity contribution in [3.05, 3.63) is 57.6 Å². The maximum Gasteiger partial charge on any atom is 0.276 e. The Balaban J connectivity index is 2.20. The highest BCUT2D eigenvalue weighted by molar-refractivity contribution is 9.10. The highest BCUT2D eigenvalue weighted by atomic mass is 79.9. The molecule has 2 aromatic carbocycles. The Morgan fingerprint density at radius 3 is 2.59 bits per heavy atom. The molecular formula is C15H15BrN2O3S. The molecule has 7 heteroatoms. The quantitative estimate of drug-likeness (QED) is 0.629. The van der Waals surface area contributed by atoms with E-state index in [1.807, 2.05) is 13.0 Å². The number of hydrogen-bond donors (Lipinski definition) is 2. The number of rotatable bonds is 4. The molecule has 2 rings (SSSR count). The number of aromatic hydroxyl groups is 1. The average Bonchev–Trinajstić information content (AvgIpc) is 2.45. The first-order chi connectivity index (χ1) is 10.3. The van der Waals surface area contributed by atoms with E-state index >= 15 is 0 Å². The normalized spacial score (nSPS) is 11.8. The van der Waals surface area contributed by atoms with Gasteiger partial charge in [0.05, 0.1) is 15.6 Å². The van der Waals surface area contributed by atoms with Crippen molar-refractivity contribution in [3.8, 4) is 5.75 Å². The summed E-state index contributed by atoms with van der Waals surface area (Å²) in [5.74, 6) is 0.105. The molecule has 0 heterocycles. The lowest BCUT2D eigenvalue weighted by molar-refractivity contribution is 0.472. The first-order valence-corrected chi connectivity index (χ1v) is 8.68. The predicted octanol–water partition coefficient (Wildman–Crippen LogP) is 3.08. The summed E-state index contributed by atoms with van der Waals surface area (Å²) in [6.45, 7) is 3.56. The number of aryl methyl sites for hydroxylation is 2. The summed E-state index contributed by atoms with van der Waals surface area (Å²) >= 11 is 3.18. The molecule has 2 N–H and O–H groups in total. The molecule has 0 fully saturated rings. The van der Waals surface area contributed by atoms with Crippen molar-refractivity contribution in [2.45, 2.75) is 18.7 Å². The number of halogens is 1. The van der Waals surface area contributed by atoms with Crippen LogP contribution in [0.15, 0.2) is 50.9 Å². The molecule has 2 aromatic rings. The third-order valence-electron chi connectivity index (χ3n) is 2.99. The molecule has 0 saturated carbocycles. The standard InChI is InChI=1S/C15H15BrN2O3S/c1-10-3-4-11(2)15(7-10)22(20,21)18-17-9-12-5-6-14(19)13(16)8-12/h3-9,18-19H,1-2H3. The number of hydrogen-bond acceptors (Lipinski definition) is 4. The third kappa shape index (κ3) is 3.86. The Kier molecular flexibility index (Phi) is 4.87. The van der Waals surface area contributed by atoms with Gasteiger partial charge in [0, 0.05) is 0 Å². The fourth-order valence-corrected chi connectivity index (χ4v) is 3.34. The third-order valence-corrected chi connectivity index (χ3v) is 4.99. The second kappa shape index (κ2) is 6.50. The van der Waals surface area contributed by atoms with E-state index in [1.165, 1.54) is 12.3 Å². The van der Waals surface area contributed by atoms with E-state index in [9.17, 15) is 13.5 Å². The van der Waals surface area contributed by atoms with Gasteiger partial charge in [-0.2, -0.15) is 13.5 Å². The summed E-state index contributed by atoms with van der Waals surface area (Å²) in [6.07, 6.45) is 1.37.